The van der Waals surface area contributed by atoms with Crippen LogP contribution in [0.3, 0.4) is 0 Å². The van der Waals surface area contributed by atoms with Crippen LogP contribution >= 0.6 is 23.4 Å². The number of amides is 1. The van der Waals surface area contributed by atoms with Gasteiger partial charge >= 0.3 is 0 Å². The summed E-state index contributed by atoms with van der Waals surface area (Å²) in [6.45, 7) is 0. The van der Waals surface area contributed by atoms with E-state index in [0.29, 0.717) is 10.8 Å². The molecule has 5 nitrogen and oxygen atoms in total. The maximum Gasteiger partial charge on any atom is 0.234 e. The molecule has 3 aromatic rings. The number of carbonyl (C=O) groups is 1. The molecule has 7 heteroatoms. The Kier molecular flexibility index (Phi) is 4.77. The van der Waals surface area contributed by atoms with Gasteiger partial charge in [-0.25, -0.2) is 9.67 Å². The van der Waals surface area contributed by atoms with E-state index in [1.807, 2.05) is 29.1 Å². The van der Waals surface area contributed by atoms with E-state index in [2.05, 4.69) is 21.5 Å². The lowest BCUT2D eigenvalue weighted by molar-refractivity contribution is -0.113. The van der Waals surface area contributed by atoms with Crippen molar-refractivity contribution >= 4 is 45.7 Å². The summed E-state index contributed by atoms with van der Waals surface area (Å²) >= 11 is 7.31. The van der Waals surface area contributed by atoms with Crippen molar-refractivity contribution in [1.82, 2.24) is 9.78 Å². The van der Waals surface area contributed by atoms with Crippen LogP contribution in [0, 0.1) is 0 Å². The van der Waals surface area contributed by atoms with Gasteiger partial charge in [0.2, 0.25) is 5.91 Å². The van der Waals surface area contributed by atoms with Gasteiger partial charge in [-0.1, -0.05) is 11.6 Å². The van der Waals surface area contributed by atoms with Crippen molar-refractivity contribution in [2.24, 2.45) is 4.99 Å². The van der Waals surface area contributed by atoms with Crippen molar-refractivity contribution in [1.29, 1.82) is 0 Å². The molecule has 0 radical (unpaired) electrons. The van der Waals surface area contributed by atoms with Crippen molar-refractivity contribution < 1.29 is 4.79 Å². The zero-order valence-corrected chi connectivity index (χ0v) is 15.3. The van der Waals surface area contributed by atoms with Crippen LogP contribution in [0.2, 0.25) is 5.02 Å². The van der Waals surface area contributed by atoms with Crippen LogP contribution in [0.25, 0.3) is 5.69 Å². The molecule has 0 spiro atoms. The first-order chi connectivity index (χ1) is 12.7. The average Bonchev–Trinajstić information content (AvgIpc) is 3.30. The molecule has 0 atom stereocenters. The molecule has 1 aliphatic heterocycles. The van der Waals surface area contributed by atoms with Crippen molar-refractivity contribution in [3.8, 4) is 5.69 Å². The fourth-order valence-electron chi connectivity index (χ4n) is 2.69. The lowest BCUT2D eigenvalue weighted by Gasteiger charge is -2.05. The largest absolute Gasteiger partial charge is 0.325 e. The number of thioether (sulfide) groups is 1. The number of anilines is 1. The molecule has 0 saturated carbocycles. The number of nitrogens with one attached hydrogen (secondary N) is 1. The number of fused-ring (bicyclic) bond motifs is 1. The van der Waals surface area contributed by atoms with Crippen LogP contribution in [-0.4, -0.2) is 26.5 Å². The van der Waals surface area contributed by atoms with Crippen molar-refractivity contribution in [3.63, 3.8) is 0 Å². The monoisotopic (exact) mass is 382 g/mol. The van der Waals surface area contributed by atoms with Crippen molar-refractivity contribution in [3.05, 3.63) is 71.5 Å². The first-order valence-corrected chi connectivity index (χ1v) is 9.42. The summed E-state index contributed by atoms with van der Waals surface area (Å²) in [5.74, 6) is 0.259. The number of nitrogens with zero attached hydrogens (tertiary/aromatic N) is 3. The van der Waals surface area contributed by atoms with Gasteiger partial charge in [-0.2, -0.15) is 5.10 Å². The standard InChI is InChI=1S/C19H15ClN4OS/c20-14-2-4-15(5-3-14)22-18(25)12-26-19-11-13-10-16(6-7-17(13)23-19)24-9-1-8-21-24/h1-10H,11-12H2,(H,22,25). The first-order valence-electron chi connectivity index (χ1n) is 8.06. The summed E-state index contributed by atoms with van der Waals surface area (Å²) in [6, 6.07) is 15.0. The van der Waals surface area contributed by atoms with E-state index in [1.165, 1.54) is 11.8 Å². The zero-order valence-electron chi connectivity index (χ0n) is 13.7. The second-order valence-electron chi connectivity index (χ2n) is 5.79. The molecule has 0 bridgehead atoms. The Balaban J connectivity index is 1.34. The number of aliphatic imine (C=N–C) groups is 1. The third-order valence-electron chi connectivity index (χ3n) is 3.92. The minimum absolute atomic E-state index is 0.0618. The molecule has 0 aliphatic carbocycles. The van der Waals surface area contributed by atoms with Crippen LogP contribution in [0.5, 0.6) is 0 Å². The van der Waals surface area contributed by atoms with E-state index in [1.54, 1.807) is 30.5 Å². The van der Waals surface area contributed by atoms with E-state index in [-0.39, 0.29) is 5.91 Å². The summed E-state index contributed by atoms with van der Waals surface area (Å²) < 4.78 is 1.82. The van der Waals surface area contributed by atoms with Crippen LogP contribution in [0.4, 0.5) is 11.4 Å². The first kappa shape index (κ1) is 16.9. The Bertz CT molecular complexity index is 968. The predicted molar refractivity (Wildman–Crippen MR) is 107 cm³/mol. The highest BCUT2D eigenvalue weighted by atomic mass is 35.5. The van der Waals surface area contributed by atoms with Gasteiger partial charge in [0.25, 0.3) is 0 Å². The van der Waals surface area contributed by atoms with Gasteiger partial charge in [-0.3, -0.25) is 4.79 Å². The van der Waals surface area contributed by atoms with Crippen molar-refractivity contribution in [2.45, 2.75) is 6.42 Å². The van der Waals surface area contributed by atoms with E-state index in [9.17, 15) is 4.79 Å². The van der Waals surface area contributed by atoms with Crippen LogP contribution in [0.1, 0.15) is 5.56 Å². The van der Waals surface area contributed by atoms with E-state index < -0.39 is 0 Å². The van der Waals surface area contributed by atoms with E-state index in [4.69, 9.17) is 11.6 Å². The summed E-state index contributed by atoms with van der Waals surface area (Å²) in [4.78, 5) is 16.7. The van der Waals surface area contributed by atoms with Gasteiger partial charge < -0.3 is 5.32 Å². The molecule has 1 amide bonds. The highest BCUT2D eigenvalue weighted by Crippen LogP contribution is 2.31. The Hall–Kier alpha value is -2.57. The number of aromatic nitrogens is 2. The van der Waals surface area contributed by atoms with Gasteiger partial charge in [0, 0.05) is 29.5 Å². The van der Waals surface area contributed by atoms with Crippen molar-refractivity contribution in [2.75, 3.05) is 11.1 Å². The minimum Gasteiger partial charge on any atom is -0.325 e. The second-order valence-corrected chi connectivity index (χ2v) is 7.27. The number of benzene rings is 2. The molecule has 2 aromatic carbocycles. The maximum atomic E-state index is 12.1. The van der Waals surface area contributed by atoms with E-state index >= 15 is 0 Å². The molecule has 0 unspecified atom stereocenters. The highest BCUT2D eigenvalue weighted by molar-refractivity contribution is 8.14. The molecule has 1 N–H and O–H groups in total. The Morgan fingerprint density at radius 3 is 2.85 bits per heavy atom. The fourth-order valence-corrected chi connectivity index (χ4v) is 3.60. The quantitative estimate of drug-likeness (QED) is 0.723. The zero-order chi connectivity index (χ0) is 17.9. The maximum absolute atomic E-state index is 12.1. The van der Waals surface area contributed by atoms with Gasteiger partial charge in [0.15, 0.2) is 0 Å². The van der Waals surface area contributed by atoms with Gasteiger partial charge in [-0.15, -0.1) is 11.8 Å². The van der Waals surface area contributed by atoms with Crippen LogP contribution in [-0.2, 0) is 11.2 Å². The third-order valence-corrected chi connectivity index (χ3v) is 5.14. The fraction of sp³-hybridized carbons (Fsp3) is 0.105. The molecule has 4 rings (SSSR count). The molecule has 1 aliphatic rings. The molecule has 26 heavy (non-hydrogen) atoms. The summed E-state index contributed by atoms with van der Waals surface area (Å²) in [6.07, 6.45) is 4.40. The molecule has 1 aromatic heterocycles. The topological polar surface area (TPSA) is 59.3 Å². The summed E-state index contributed by atoms with van der Waals surface area (Å²) in [5, 5.41) is 8.70. The number of hydrogen-bond acceptors (Lipinski definition) is 4. The number of halogens is 1. The molecule has 0 saturated heterocycles. The Labute approximate surface area is 160 Å². The number of rotatable bonds is 4. The second kappa shape index (κ2) is 7.35. The minimum atomic E-state index is -0.0618. The molecular formula is C19H15ClN4OS. The number of carbonyl (C=O) groups excluding carboxylic acids is 1. The summed E-state index contributed by atoms with van der Waals surface area (Å²) in [5.41, 5.74) is 3.86. The normalized spacial score (nSPS) is 12.6. The average molecular weight is 383 g/mol. The highest BCUT2D eigenvalue weighted by Gasteiger charge is 2.17. The molecule has 130 valence electrons. The smallest absolute Gasteiger partial charge is 0.234 e. The SMILES string of the molecule is O=C(CSC1=Nc2ccc(-n3cccn3)cc2C1)Nc1ccc(Cl)cc1. The van der Waals surface area contributed by atoms with Gasteiger partial charge in [-0.05, 0) is 54.1 Å². The Morgan fingerprint density at radius 1 is 1.23 bits per heavy atom. The Morgan fingerprint density at radius 2 is 2.08 bits per heavy atom. The predicted octanol–water partition coefficient (Wildman–Crippen LogP) is 4.48. The molecule has 2 heterocycles. The van der Waals surface area contributed by atoms with Crippen LogP contribution in [0.15, 0.2) is 65.9 Å². The lowest BCUT2D eigenvalue weighted by atomic mass is 10.1. The lowest BCUT2D eigenvalue weighted by Crippen LogP contribution is -2.15. The van der Waals surface area contributed by atoms with Gasteiger partial charge in [0.1, 0.15) is 0 Å². The van der Waals surface area contributed by atoms with Gasteiger partial charge in [0.05, 0.1) is 22.2 Å². The number of hydrogen-bond donors (Lipinski definition) is 1. The van der Waals surface area contributed by atoms with E-state index in [0.717, 1.165) is 34.1 Å². The molecule has 0 fully saturated rings. The third kappa shape index (κ3) is 3.81. The molecular weight excluding hydrogens is 368 g/mol. The summed E-state index contributed by atoms with van der Waals surface area (Å²) in [7, 11) is 0. The van der Waals surface area contributed by atoms with Crippen LogP contribution < -0.4 is 5.32 Å².